The van der Waals surface area contributed by atoms with Crippen molar-refractivity contribution in [3.8, 4) is 16.5 Å². The van der Waals surface area contributed by atoms with E-state index in [1.165, 1.54) is 23.2 Å². The first kappa shape index (κ1) is 25.0. The van der Waals surface area contributed by atoms with Crippen LogP contribution in [0.2, 0.25) is 0 Å². The number of anilines is 2. The predicted molar refractivity (Wildman–Crippen MR) is 141 cm³/mol. The summed E-state index contributed by atoms with van der Waals surface area (Å²) in [5, 5.41) is 4.69. The Bertz CT molecular complexity index is 1380. The van der Waals surface area contributed by atoms with E-state index in [0.29, 0.717) is 23.1 Å². The minimum absolute atomic E-state index is 0.0234. The molecule has 1 atom stereocenters. The lowest BCUT2D eigenvalue weighted by atomic mass is 9.92. The maximum absolute atomic E-state index is 11.5. The van der Waals surface area contributed by atoms with Gasteiger partial charge in [-0.05, 0) is 37.8 Å². The highest BCUT2D eigenvalue weighted by Crippen LogP contribution is 2.32. The van der Waals surface area contributed by atoms with Crippen molar-refractivity contribution < 1.29 is 14.1 Å². The Morgan fingerprint density at radius 3 is 2.51 bits per heavy atom. The van der Waals surface area contributed by atoms with E-state index in [1.807, 2.05) is 12.1 Å². The van der Waals surface area contributed by atoms with Crippen molar-refractivity contribution in [1.82, 2.24) is 30.1 Å². The summed E-state index contributed by atoms with van der Waals surface area (Å²) in [6, 6.07) is 4.42. The van der Waals surface area contributed by atoms with Gasteiger partial charge in [0, 0.05) is 50.9 Å². The fourth-order valence-electron chi connectivity index (χ4n) is 4.18. The van der Waals surface area contributed by atoms with E-state index < -0.39 is 0 Å². The molecule has 5 heterocycles. The highest BCUT2D eigenvalue weighted by molar-refractivity contribution is 7.19. The van der Waals surface area contributed by atoms with E-state index in [2.05, 4.69) is 50.8 Å². The van der Waals surface area contributed by atoms with Crippen LogP contribution in [-0.2, 0) is 4.79 Å². The van der Waals surface area contributed by atoms with Crippen LogP contribution in [0, 0.1) is 5.92 Å². The van der Waals surface area contributed by atoms with Gasteiger partial charge in [-0.1, -0.05) is 30.3 Å². The normalized spacial score (nSPS) is 15.4. The van der Waals surface area contributed by atoms with Crippen molar-refractivity contribution in [2.24, 2.45) is 5.92 Å². The van der Waals surface area contributed by atoms with Crippen LogP contribution in [0.15, 0.2) is 29.0 Å². The number of nitrogens with zero attached hydrogens (tertiary/aromatic N) is 8. The Kier molecular flexibility index (Phi) is 7.00. The number of fused-ring (bicyclic) bond motifs is 1. The zero-order chi connectivity index (χ0) is 26.1. The van der Waals surface area contributed by atoms with Gasteiger partial charge in [0.15, 0.2) is 5.82 Å². The van der Waals surface area contributed by atoms with E-state index in [-0.39, 0.29) is 17.9 Å². The number of pyridine rings is 1. The standard InChI is InChI=1S/C25H30N8O3S/c1-14(2)21-30-24(36-31-21)33-10-8-17(9-11-33)15(3)35-25-29-20-7-6-19(28-22(20)37-25)18-12-26-23(27-13-18)32(5)16(4)34/h6-7,12-15,17H,8-11H2,1-5H3. The van der Waals surface area contributed by atoms with Crippen LogP contribution >= 0.6 is 11.3 Å². The van der Waals surface area contributed by atoms with Gasteiger partial charge >= 0.3 is 6.01 Å². The summed E-state index contributed by atoms with van der Waals surface area (Å²) in [6.45, 7) is 9.39. The first-order valence-electron chi connectivity index (χ1n) is 12.4. The minimum atomic E-state index is -0.128. The number of hydrogen-bond donors (Lipinski definition) is 0. The number of piperidine rings is 1. The molecule has 1 amide bonds. The van der Waals surface area contributed by atoms with Gasteiger partial charge in [-0.25, -0.2) is 19.9 Å². The molecular formula is C25H30N8O3S. The molecule has 11 nitrogen and oxygen atoms in total. The van der Waals surface area contributed by atoms with E-state index in [9.17, 15) is 4.79 Å². The van der Waals surface area contributed by atoms with Crippen LogP contribution in [0.3, 0.4) is 0 Å². The van der Waals surface area contributed by atoms with E-state index in [1.54, 1.807) is 19.4 Å². The molecule has 4 aromatic heterocycles. The van der Waals surface area contributed by atoms with Gasteiger partial charge < -0.3 is 14.2 Å². The summed E-state index contributed by atoms with van der Waals surface area (Å²) in [5.74, 6) is 1.62. The molecule has 0 aromatic carbocycles. The molecule has 0 N–H and O–H groups in total. The van der Waals surface area contributed by atoms with Crippen LogP contribution < -0.4 is 14.5 Å². The second kappa shape index (κ2) is 10.4. The van der Waals surface area contributed by atoms with Gasteiger partial charge in [0.05, 0.1) is 5.69 Å². The predicted octanol–water partition coefficient (Wildman–Crippen LogP) is 4.32. The summed E-state index contributed by atoms with van der Waals surface area (Å²) in [4.78, 5) is 38.3. The highest BCUT2D eigenvalue weighted by Gasteiger charge is 2.28. The number of amides is 1. The summed E-state index contributed by atoms with van der Waals surface area (Å²) < 4.78 is 11.7. The van der Waals surface area contributed by atoms with Gasteiger partial charge in [0.2, 0.25) is 11.9 Å². The van der Waals surface area contributed by atoms with Gasteiger partial charge in [-0.2, -0.15) is 4.98 Å². The number of thiazole rings is 1. The third kappa shape index (κ3) is 5.38. The van der Waals surface area contributed by atoms with E-state index >= 15 is 0 Å². The average Bonchev–Trinajstić information content (AvgIpc) is 3.55. The second-order valence-corrected chi connectivity index (χ2v) is 10.5. The quantitative estimate of drug-likeness (QED) is 0.346. The maximum Gasteiger partial charge on any atom is 0.324 e. The van der Waals surface area contributed by atoms with E-state index in [0.717, 1.165) is 53.4 Å². The van der Waals surface area contributed by atoms with Crippen LogP contribution in [0.4, 0.5) is 12.0 Å². The monoisotopic (exact) mass is 522 g/mol. The van der Waals surface area contributed by atoms with Crippen molar-refractivity contribution in [3.63, 3.8) is 0 Å². The van der Waals surface area contributed by atoms with Crippen molar-refractivity contribution >= 4 is 39.6 Å². The van der Waals surface area contributed by atoms with Crippen molar-refractivity contribution in [1.29, 1.82) is 0 Å². The SMILES string of the molecule is CC(=O)N(C)c1ncc(-c2ccc3nc(OC(C)C4CCN(c5nc(C(C)C)no5)CC4)sc3n2)cn1. The van der Waals surface area contributed by atoms with Crippen LogP contribution in [0.25, 0.3) is 21.6 Å². The summed E-state index contributed by atoms with van der Waals surface area (Å²) in [7, 11) is 1.64. The lowest BCUT2D eigenvalue weighted by Gasteiger charge is -2.33. The molecule has 37 heavy (non-hydrogen) atoms. The lowest BCUT2D eigenvalue weighted by Crippen LogP contribution is -2.38. The average molecular weight is 523 g/mol. The van der Waals surface area contributed by atoms with Gasteiger partial charge in [0.1, 0.15) is 16.5 Å². The molecule has 0 saturated carbocycles. The molecule has 1 fully saturated rings. The first-order chi connectivity index (χ1) is 17.8. The second-order valence-electron chi connectivity index (χ2n) is 9.59. The number of rotatable bonds is 7. The molecule has 1 saturated heterocycles. The zero-order valence-corrected chi connectivity index (χ0v) is 22.4. The number of carbonyl (C=O) groups excluding carboxylic acids is 1. The summed E-state index contributed by atoms with van der Waals surface area (Å²) in [6.07, 6.45) is 5.31. The summed E-state index contributed by atoms with van der Waals surface area (Å²) in [5.41, 5.74) is 2.29. The lowest BCUT2D eigenvalue weighted by molar-refractivity contribution is -0.116. The zero-order valence-electron chi connectivity index (χ0n) is 21.6. The molecule has 1 aliphatic heterocycles. The smallest absolute Gasteiger partial charge is 0.324 e. The molecule has 1 unspecified atom stereocenters. The van der Waals surface area contributed by atoms with Crippen LogP contribution in [0.5, 0.6) is 5.19 Å². The number of hydrogen-bond acceptors (Lipinski definition) is 11. The molecule has 5 rings (SSSR count). The molecule has 0 spiro atoms. The van der Waals surface area contributed by atoms with Gasteiger partial charge in [0.25, 0.3) is 5.19 Å². The number of aromatic nitrogens is 6. The van der Waals surface area contributed by atoms with Gasteiger partial charge in [-0.3, -0.25) is 9.69 Å². The van der Waals surface area contributed by atoms with Crippen molar-refractivity contribution in [3.05, 3.63) is 30.4 Å². The Labute approximate surface area is 218 Å². The van der Waals surface area contributed by atoms with Crippen LogP contribution in [0.1, 0.15) is 52.3 Å². The molecule has 1 aliphatic rings. The molecule has 4 aromatic rings. The Hall–Kier alpha value is -3.67. The van der Waals surface area contributed by atoms with Crippen molar-refractivity contribution in [2.45, 2.75) is 52.6 Å². The molecule has 12 heteroatoms. The largest absolute Gasteiger partial charge is 0.467 e. The van der Waals surface area contributed by atoms with Gasteiger partial charge in [-0.15, -0.1) is 0 Å². The third-order valence-electron chi connectivity index (χ3n) is 6.65. The van der Waals surface area contributed by atoms with E-state index in [4.69, 9.17) is 14.2 Å². The maximum atomic E-state index is 11.5. The first-order valence-corrected chi connectivity index (χ1v) is 13.2. The summed E-state index contributed by atoms with van der Waals surface area (Å²) >= 11 is 1.43. The van der Waals surface area contributed by atoms with Crippen molar-refractivity contribution in [2.75, 3.05) is 29.9 Å². The molecule has 0 bridgehead atoms. The Morgan fingerprint density at radius 2 is 1.86 bits per heavy atom. The molecule has 194 valence electrons. The fraction of sp³-hybridized carbons (Fsp3) is 0.480. The number of ether oxygens (including phenoxy) is 1. The molecular weight excluding hydrogens is 492 g/mol. The third-order valence-corrected chi connectivity index (χ3v) is 7.51. The molecule has 0 aliphatic carbocycles. The Morgan fingerprint density at radius 1 is 1.14 bits per heavy atom. The molecule has 0 radical (unpaired) electrons. The Balaban J connectivity index is 1.21. The minimum Gasteiger partial charge on any atom is -0.467 e. The number of carbonyl (C=O) groups is 1. The van der Waals surface area contributed by atoms with Crippen LogP contribution in [-0.4, -0.2) is 62.2 Å². The topological polar surface area (TPSA) is 123 Å². The highest BCUT2D eigenvalue weighted by atomic mass is 32.1. The fourth-order valence-corrected chi connectivity index (χ4v) is 5.05.